The molecule has 0 atom stereocenters. The minimum absolute atomic E-state index is 0.618. The van der Waals surface area contributed by atoms with Gasteiger partial charge in [0.2, 0.25) is 0 Å². The van der Waals surface area contributed by atoms with Crippen LogP contribution < -0.4 is 0 Å². The quantitative estimate of drug-likeness (QED) is 0.326. The Morgan fingerprint density at radius 1 is 0.677 bits per heavy atom. The number of nitrogens with zero attached hydrogens (tertiary/aromatic N) is 3. The zero-order valence-electron chi connectivity index (χ0n) is 17.4. The molecule has 3 nitrogen and oxygen atoms in total. The average molecular weight is 402 g/mol. The van der Waals surface area contributed by atoms with Gasteiger partial charge in [0.05, 0.1) is 0 Å². The van der Waals surface area contributed by atoms with E-state index >= 15 is 0 Å². The van der Waals surface area contributed by atoms with Crippen LogP contribution in [0.4, 0.5) is 0 Å². The third-order valence-electron chi connectivity index (χ3n) is 4.80. The molecule has 150 valence electrons. The molecule has 0 bridgehead atoms. The van der Waals surface area contributed by atoms with Gasteiger partial charge in [-0.15, -0.1) is 0 Å². The van der Waals surface area contributed by atoms with Crippen molar-refractivity contribution >= 4 is 5.57 Å². The highest BCUT2D eigenvalue weighted by molar-refractivity contribution is 5.75. The molecule has 0 aliphatic heterocycles. The van der Waals surface area contributed by atoms with E-state index in [1.54, 1.807) is 6.08 Å². The molecule has 3 aromatic carbocycles. The van der Waals surface area contributed by atoms with E-state index in [0.29, 0.717) is 17.5 Å². The van der Waals surface area contributed by atoms with Gasteiger partial charge >= 0.3 is 0 Å². The summed E-state index contributed by atoms with van der Waals surface area (Å²) in [5.74, 6) is 1.90. The second-order valence-corrected chi connectivity index (χ2v) is 6.98. The van der Waals surface area contributed by atoms with Crippen LogP contribution >= 0.6 is 0 Å². The van der Waals surface area contributed by atoms with Gasteiger partial charge in [0.15, 0.2) is 17.5 Å². The van der Waals surface area contributed by atoms with Gasteiger partial charge in [-0.25, -0.2) is 15.0 Å². The van der Waals surface area contributed by atoms with Crippen molar-refractivity contribution in [3.8, 4) is 33.9 Å². The lowest BCUT2D eigenvalue weighted by atomic mass is 10.0. The predicted molar refractivity (Wildman–Crippen MR) is 129 cm³/mol. The lowest BCUT2D eigenvalue weighted by Gasteiger charge is -2.10. The summed E-state index contributed by atoms with van der Waals surface area (Å²) in [6.07, 6.45) is 7.61. The number of aromatic nitrogens is 3. The summed E-state index contributed by atoms with van der Waals surface area (Å²) in [6, 6.07) is 28.6. The maximum Gasteiger partial charge on any atom is 0.164 e. The van der Waals surface area contributed by atoms with E-state index in [0.717, 1.165) is 27.8 Å². The normalized spacial score (nSPS) is 11.6. The van der Waals surface area contributed by atoms with Crippen LogP contribution in [0.1, 0.15) is 12.7 Å². The molecule has 0 amide bonds. The van der Waals surface area contributed by atoms with Gasteiger partial charge in [-0.3, -0.25) is 0 Å². The summed E-state index contributed by atoms with van der Waals surface area (Å²) < 4.78 is 0. The number of hydrogen-bond acceptors (Lipinski definition) is 3. The van der Waals surface area contributed by atoms with Crippen molar-refractivity contribution < 1.29 is 0 Å². The lowest BCUT2D eigenvalue weighted by Crippen LogP contribution is -2.02. The van der Waals surface area contributed by atoms with Crippen molar-refractivity contribution in [2.45, 2.75) is 6.92 Å². The average Bonchev–Trinajstić information content (AvgIpc) is 2.85. The number of benzene rings is 3. The minimum Gasteiger partial charge on any atom is -0.208 e. The Kier molecular flexibility index (Phi) is 6.24. The van der Waals surface area contributed by atoms with Crippen LogP contribution in [-0.4, -0.2) is 15.0 Å². The highest BCUT2D eigenvalue weighted by atomic mass is 15.0. The van der Waals surface area contributed by atoms with Gasteiger partial charge < -0.3 is 0 Å². The largest absolute Gasteiger partial charge is 0.208 e. The first-order chi connectivity index (χ1) is 15.3. The summed E-state index contributed by atoms with van der Waals surface area (Å²) >= 11 is 0. The molecule has 0 saturated heterocycles. The molecule has 4 rings (SSSR count). The van der Waals surface area contributed by atoms with Crippen LogP contribution in [-0.2, 0) is 0 Å². The van der Waals surface area contributed by atoms with Crippen molar-refractivity contribution in [2.75, 3.05) is 0 Å². The number of allylic oxidation sites excluding steroid dienone is 5. The number of hydrogen-bond donors (Lipinski definition) is 0. The SMILES string of the molecule is C=C/C=C(\C=C/C)c1nc(-c2ccccc2)nc(-c2cccc(-c3ccccc3)c2)n1. The maximum atomic E-state index is 4.81. The molecule has 1 aromatic heterocycles. The fraction of sp³-hybridized carbons (Fsp3) is 0.0357. The Hall–Kier alpha value is -4.11. The van der Waals surface area contributed by atoms with Crippen molar-refractivity contribution in [3.05, 3.63) is 122 Å². The Morgan fingerprint density at radius 2 is 1.26 bits per heavy atom. The van der Waals surface area contributed by atoms with E-state index < -0.39 is 0 Å². The van der Waals surface area contributed by atoms with Gasteiger partial charge in [-0.1, -0.05) is 110 Å². The van der Waals surface area contributed by atoms with E-state index in [1.807, 2.05) is 85.8 Å². The van der Waals surface area contributed by atoms with E-state index in [-0.39, 0.29) is 0 Å². The minimum atomic E-state index is 0.618. The summed E-state index contributed by atoms with van der Waals surface area (Å²) in [5, 5.41) is 0. The first-order valence-electron chi connectivity index (χ1n) is 10.2. The lowest BCUT2D eigenvalue weighted by molar-refractivity contribution is 1.04. The van der Waals surface area contributed by atoms with E-state index in [1.165, 1.54) is 0 Å². The van der Waals surface area contributed by atoms with Crippen LogP contribution in [0, 0.1) is 0 Å². The molecule has 31 heavy (non-hydrogen) atoms. The smallest absolute Gasteiger partial charge is 0.164 e. The Morgan fingerprint density at radius 3 is 1.90 bits per heavy atom. The van der Waals surface area contributed by atoms with E-state index in [9.17, 15) is 0 Å². The molecule has 4 aromatic rings. The Bertz CT molecular complexity index is 1240. The molecule has 0 spiro atoms. The van der Waals surface area contributed by atoms with Crippen LogP contribution in [0.15, 0.2) is 116 Å². The Labute approximate surface area is 183 Å². The Balaban J connectivity index is 1.89. The van der Waals surface area contributed by atoms with Crippen molar-refractivity contribution in [2.24, 2.45) is 0 Å². The van der Waals surface area contributed by atoms with Gasteiger partial charge in [0.1, 0.15) is 0 Å². The van der Waals surface area contributed by atoms with E-state index in [4.69, 9.17) is 15.0 Å². The molecule has 0 radical (unpaired) electrons. The fourth-order valence-corrected chi connectivity index (χ4v) is 3.33. The zero-order chi connectivity index (χ0) is 21.5. The van der Waals surface area contributed by atoms with Gasteiger partial charge in [0.25, 0.3) is 0 Å². The molecule has 3 heteroatoms. The van der Waals surface area contributed by atoms with Crippen LogP contribution in [0.2, 0.25) is 0 Å². The zero-order valence-corrected chi connectivity index (χ0v) is 17.4. The summed E-state index contributed by atoms with van der Waals surface area (Å²) in [6.45, 7) is 5.81. The van der Waals surface area contributed by atoms with Gasteiger partial charge in [-0.2, -0.15) is 0 Å². The first-order valence-corrected chi connectivity index (χ1v) is 10.2. The topological polar surface area (TPSA) is 38.7 Å². The summed E-state index contributed by atoms with van der Waals surface area (Å²) in [5.41, 5.74) is 5.06. The third-order valence-corrected chi connectivity index (χ3v) is 4.80. The molecule has 0 aliphatic carbocycles. The third kappa shape index (κ3) is 4.73. The van der Waals surface area contributed by atoms with Crippen LogP contribution in [0.3, 0.4) is 0 Å². The molecule has 1 heterocycles. The molecule has 0 N–H and O–H groups in total. The number of rotatable bonds is 6. The second kappa shape index (κ2) is 9.59. The molecule has 0 aliphatic rings. The molecule has 0 saturated carbocycles. The molecule has 0 fully saturated rings. The monoisotopic (exact) mass is 401 g/mol. The van der Waals surface area contributed by atoms with Crippen molar-refractivity contribution in [1.29, 1.82) is 0 Å². The predicted octanol–water partition coefficient (Wildman–Crippen LogP) is 7.02. The van der Waals surface area contributed by atoms with Crippen molar-refractivity contribution in [1.82, 2.24) is 15.0 Å². The van der Waals surface area contributed by atoms with Gasteiger partial charge in [0, 0.05) is 16.7 Å². The molecule has 0 unspecified atom stereocenters. The summed E-state index contributed by atoms with van der Waals surface area (Å²) in [4.78, 5) is 14.4. The first kappa shape index (κ1) is 20.2. The standard InChI is InChI=1S/C28H23N3/c1-3-12-22(13-4-2)26-29-27(23-16-9-6-10-17-23)31-28(30-26)25-19-11-18-24(20-25)21-14-7-5-8-15-21/h3-20H,1H2,2H3/b13-4-,22-12+. The molecular formula is C28H23N3. The summed E-state index contributed by atoms with van der Waals surface area (Å²) in [7, 11) is 0. The highest BCUT2D eigenvalue weighted by Gasteiger charge is 2.13. The van der Waals surface area contributed by atoms with E-state index in [2.05, 4.69) is 30.8 Å². The maximum absolute atomic E-state index is 4.81. The molecular weight excluding hydrogens is 378 g/mol. The van der Waals surface area contributed by atoms with Crippen molar-refractivity contribution in [3.63, 3.8) is 0 Å². The van der Waals surface area contributed by atoms with Crippen LogP contribution in [0.25, 0.3) is 39.5 Å². The second-order valence-electron chi connectivity index (χ2n) is 6.98. The highest BCUT2D eigenvalue weighted by Crippen LogP contribution is 2.27. The van der Waals surface area contributed by atoms with Gasteiger partial charge in [-0.05, 0) is 24.1 Å². The fourth-order valence-electron chi connectivity index (χ4n) is 3.33. The van der Waals surface area contributed by atoms with Crippen LogP contribution in [0.5, 0.6) is 0 Å².